The number of thiocarbonyl (C=S) groups is 1. The Morgan fingerprint density at radius 1 is 1.20 bits per heavy atom. The van der Waals surface area contributed by atoms with Gasteiger partial charge in [0.05, 0.1) is 11.4 Å². The lowest BCUT2D eigenvalue weighted by atomic mass is 10.1. The van der Waals surface area contributed by atoms with Crippen LogP contribution in [0.15, 0.2) is 58.0 Å². The van der Waals surface area contributed by atoms with Gasteiger partial charge in [0.1, 0.15) is 0 Å². The fourth-order valence-electron chi connectivity index (χ4n) is 2.27. The second-order valence-electron chi connectivity index (χ2n) is 5.18. The summed E-state index contributed by atoms with van der Waals surface area (Å²) in [5.41, 5.74) is 1.27. The Kier molecular flexibility index (Phi) is 5.60. The minimum Gasteiger partial charge on any atom is -0.301 e. The standard InChI is InChI=1S/C17H11BrIN3O2S/c18-10-4-6-13(7-5-10)22-16(24)14(15(23)21-17(22)25)9-20-12-3-1-2-11(19)8-12/h1-9,14H,(H,21,23,25)/t14-/m1/s1. The zero-order chi connectivity index (χ0) is 18.0. The van der Waals surface area contributed by atoms with Crippen molar-refractivity contribution < 1.29 is 9.59 Å². The van der Waals surface area contributed by atoms with Crippen molar-refractivity contribution in [3.63, 3.8) is 0 Å². The van der Waals surface area contributed by atoms with Crippen LogP contribution in [0.1, 0.15) is 0 Å². The highest BCUT2D eigenvalue weighted by Gasteiger charge is 2.38. The van der Waals surface area contributed by atoms with Gasteiger partial charge in [-0.3, -0.25) is 19.5 Å². The Hall–Kier alpha value is -1.65. The summed E-state index contributed by atoms with van der Waals surface area (Å²) in [6, 6.07) is 14.6. The Morgan fingerprint density at radius 3 is 2.60 bits per heavy atom. The van der Waals surface area contributed by atoms with Crippen LogP contribution in [-0.4, -0.2) is 23.1 Å². The van der Waals surface area contributed by atoms with Crippen LogP contribution in [0.3, 0.4) is 0 Å². The predicted octanol–water partition coefficient (Wildman–Crippen LogP) is 3.82. The molecule has 1 N–H and O–H groups in total. The molecule has 1 saturated heterocycles. The molecule has 1 aliphatic rings. The fourth-order valence-corrected chi connectivity index (χ4v) is 3.36. The SMILES string of the molecule is O=C1NC(=S)N(c2ccc(Br)cc2)C(=O)[C@@H]1C=Nc1cccc(I)c1. The van der Waals surface area contributed by atoms with Gasteiger partial charge in [0.15, 0.2) is 11.0 Å². The first-order chi connectivity index (χ1) is 12.0. The number of nitrogens with zero attached hydrogens (tertiary/aromatic N) is 2. The molecular weight excluding hydrogens is 517 g/mol. The molecule has 1 heterocycles. The van der Waals surface area contributed by atoms with Crippen molar-refractivity contribution in [2.24, 2.45) is 10.9 Å². The van der Waals surface area contributed by atoms with Gasteiger partial charge in [-0.25, -0.2) is 0 Å². The Balaban J connectivity index is 1.89. The third kappa shape index (κ3) is 4.13. The molecule has 0 bridgehead atoms. The Labute approximate surface area is 171 Å². The number of anilines is 1. The summed E-state index contributed by atoms with van der Waals surface area (Å²) in [4.78, 5) is 30.6. The fraction of sp³-hybridized carbons (Fsp3) is 0.0588. The van der Waals surface area contributed by atoms with Crippen LogP contribution in [0.2, 0.25) is 0 Å². The summed E-state index contributed by atoms with van der Waals surface area (Å²) in [7, 11) is 0. The maximum atomic E-state index is 12.8. The first-order valence-corrected chi connectivity index (χ1v) is 9.48. The molecule has 2 amide bonds. The van der Waals surface area contributed by atoms with Crippen molar-refractivity contribution in [2.75, 3.05) is 4.90 Å². The van der Waals surface area contributed by atoms with Gasteiger partial charge in [-0.2, -0.15) is 0 Å². The lowest BCUT2D eigenvalue weighted by Crippen LogP contribution is -2.58. The van der Waals surface area contributed by atoms with Gasteiger partial charge in [0, 0.05) is 14.3 Å². The van der Waals surface area contributed by atoms with E-state index in [4.69, 9.17) is 12.2 Å². The monoisotopic (exact) mass is 527 g/mol. The molecule has 0 saturated carbocycles. The average Bonchev–Trinajstić information content (AvgIpc) is 2.56. The smallest absolute Gasteiger partial charge is 0.251 e. The maximum Gasteiger partial charge on any atom is 0.251 e. The van der Waals surface area contributed by atoms with Gasteiger partial charge in [-0.05, 0) is 77.3 Å². The molecule has 1 atom stereocenters. The highest BCUT2D eigenvalue weighted by molar-refractivity contribution is 14.1. The van der Waals surface area contributed by atoms with E-state index in [0.717, 1.165) is 8.04 Å². The average molecular weight is 528 g/mol. The molecule has 8 heteroatoms. The molecule has 0 spiro atoms. The number of benzene rings is 2. The van der Waals surface area contributed by atoms with Crippen LogP contribution in [0.4, 0.5) is 11.4 Å². The van der Waals surface area contributed by atoms with E-state index in [1.807, 2.05) is 18.2 Å². The van der Waals surface area contributed by atoms with Gasteiger partial charge in [-0.15, -0.1) is 0 Å². The second-order valence-corrected chi connectivity index (χ2v) is 7.73. The largest absolute Gasteiger partial charge is 0.301 e. The van der Waals surface area contributed by atoms with Crippen molar-refractivity contribution in [2.45, 2.75) is 0 Å². The first-order valence-electron chi connectivity index (χ1n) is 7.20. The molecule has 2 aromatic carbocycles. The molecule has 0 radical (unpaired) electrons. The number of rotatable bonds is 3. The molecule has 126 valence electrons. The van der Waals surface area contributed by atoms with Crippen molar-refractivity contribution in [1.29, 1.82) is 0 Å². The number of aliphatic imine (C=N–C) groups is 1. The highest BCUT2D eigenvalue weighted by Crippen LogP contribution is 2.23. The van der Waals surface area contributed by atoms with Crippen molar-refractivity contribution in [3.05, 3.63) is 56.6 Å². The molecule has 0 unspecified atom stereocenters. The van der Waals surface area contributed by atoms with E-state index < -0.39 is 17.7 Å². The Morgan fingerprint density at radius 2 is 1.92 bits per heavy atom. The number of hydrogen-bond acceptors (Lipinski definition) is 4. The third-order valence-electron chi connectivity index (χ3n) is 3.47. The van der Waals surface area contributed by atoms with Crippen LogP contribution in [0.5, 0.6) is 0 Å². The van der Waals surface area contributed by atoms with E-state index in [9.17, 15) is 9.59 Å². The summed E-state index contributed by atoms with van der Waals surface area (Å²) in [5, 5.41) is 2.63. The normalized spacial score (nSPS) is 17.9. The van der Waals surface area contributed by atoms with Gasteiger partial charge in [0.2, 0.25) is 5.91 Å². The summed E-state index contributed by atoms with van der Waals surface area (Å²) < 4.78 is 1.90. The summed E-state index contributed by atoms with van der Waals surface area (Å²) >= 11 is 10.7. The third-order valence-corrected chi connectivity index (χ3v) is 4.95. The van der Waals surface area contributed by atoms with Crippen molar-refractivity contribution in [1.82, 2.24) is 5.32 Å². The molecule has 1 fully saturated rings. The molecule has 0 aromatic heterocycles. The maximum absolute atomic E-state index is 12.8. The Bertz CT molecular complexity index is 886. The van der Waals surface area contributed by atoms with E-state index in [2.05, 4.69) is 48.8 Å². The van der Waals surface area contributed by atoms with Gasteiger partial charge in [0.25, 0.3) is 5.91 Å². The second kappa shape index (κ2) is 7.71. The number of amides is 2. The van der Waals surface area contributed by atoms with Crippen LogP contribution >= 0.6 is 50.7 Å². The lowest BCUT2D eigenvalue weighted by Gasteiger charge is -2.30. The van der Waals surface area contributed by atoms with Crippen LogP contribution in [0.25, 0.3) is 0 Å². The van der Waals surface area contributed by atoms with Crippen LogP contribution in [0, 0.1) is 9.49 Å². The highest BCUT2D eigenvalue weighted by atomic mass is 127. The molecule has 1 aliphatic heterocycles. The lowest BCUT2D eigenvalue weighted by molar-refractivity contribution is -0.130. The molecular formula is C17H11BrIN3O2S. The molecule has 2 aromatic rings. The number of nitrogens with one attached hydrogen (secondary N) is 1. The van der Waals surface area contributed by atoms with Crippen molar-refractivity contribution >= 4 is 85.3 Å². The zero-order valence-electron chi connectivity index (χ0n) is 12.6. The van der Waals surface area contributed by atoms with E-state index >= 15 is 0 Å². The van der Waals surface area contributed by atoms with E-state index in [1.54, 1.807) is 30.3 Å². The minimum absolute atomic E-state index is 0.0660. The van der Waals surface area contributed by atoms with E-state index in [-0.39, 0.29) is 5.11 Å². The predicted molar refractivity (Wildman–Crippen MR) is 113 cm³/mol. The van der Waals surface area contributed by atoms with E-state index in [0.29, 0.717) is 11.4 Å². The molecule has 0 aliphatic carbocycles. The van der Waals surface area contributed by atoms with Gasteiger partial charge < -0.3 is 5.32 Å². The number of carbonyl (C=O) groups excluding carboxylic acids is 2. The van der Waals surface area contributed by atoms with Gasteiger partial charge in [-0.1, -0.05) is 22.0 Å². The quantitative estimate of drug-likeness (QED) is 0.286. The summed E-state index contributed by atoms with van der Waals surface area (Å²) in [5.74, 6) is -1.93. The molecule has 3 rings (SSSR count). The minimum atomic E-state index is -1.03. The van der Waals surface area contributed by atoms with E-state index in [1.165, 1.54) is 11.1 Å². The number of carbonyl (C=O) groups is 2. The molecule has 25 heavy (non-hydrogen) atoms. The topological polar surface area (TPSA) is 61.8 Å². The zero-order valence-corrected chi connectivity index (χ0v) is 17.2. The van der Waals surface area contributed by atoms with Gasteiger partial charge >= 0.3 is 0 Å². The summed E-state index contributed by atoms with van der Waals surface area (Å²) in [6.45, 7) is 0. The van der Waals surface area contributed by atoms with Crippen molar-refractivity contribution in [3.8, 4) is 0 Å². The van der Waals surface area contributed by atoms with Crippen LogP contribution < -0.4 is 10.2 Å². The molecule has 5 nitrogen and oxygen atoms in total. The van der Waals surface area contributed by atoms with Crippen LogP contribution in [-0.2, 0) is 9.59 Å². The number of hydrogen-bond donors (Lipinski definition) is 1. The first kappa shape index (κ1) is 18.2. The summed E-state index contributed by atoms with van der Waals surface area (Å²) in [6.07, 6.45) is 1.36. The number of halogens is 2.